The average Bonchev–Trinajstić information content (AvgIpc) is 2.31. The fourth-order valence-electron chi connectivity index (χ4n) is 1.89. The molecule has 0 saturated carbocycles. The van der Waals surface area contributed by atoms with Gasteiger partial charge in [-0.3, -0.25) is 0 Å². The fraction of sp³-hybridized carbons (Fsp3) is 0.538. The maximum absolute atomic E-state index is 12.2. The van der Waals surface area contributed by atoms with Crippen molar-refractivity contribution in [2.45, 2.75) is 18.9 Å². The lowest BCUT2D eigenvalue weighted by molar-refractivity contribution is 0.0986. The average molecular weight is 277 g/mol. The minimum Gasteiger partial charge on any atom is -0.313 e. The second kappa shape index (κ2) is 7.67. The summed E-state index contributed by atoms with van der Waals surface area (Å²) in [7, 11) is 3.55. The van der Waals surface area contributed by atoms with Crippen LogP contribution < -0.4 is 5.32 Å². The van der Waals surface area contributed by atoms with Crippen LogP contribution in [0.4, 0.5) is 8.78 Å². The Morgan fingerprint density at radius 1 is 1.33 bits per heavy atom. The number of alkyl halides is 2. The Labute approximate surface area is 112 Å². The Hall–Kier alpha value is -0.710. The Balaban J connectivity index is 2.55. The molecule has 1 aromatic rings. The van der Waals surface area contributed by atoms with Gasteiger partial charge in [0.2, 0.25) is 0 Å². The van der Waals surface area contributed by atoms with E-state index in [4.69, 9.17) is 11.6 Å². The van der Waals surface area contributed by atoms with Crippen molar-refractivity contribution in [3.8, 4) is 0 Å². The Morgan fingerprint density at radius 3 is 2.56 bits per heavy atom. The summed E-state index contributed by atoms with van der Waals surface area (Å²) in [5, 5.41) is 3.87. The standard InChI is InChI=1S/C13H19ClF2N2/c1-17-12(7-8-18(2)9-13(15)16)10-5-3-4-6-11(10)14/h3-6,12-13,17H,7-9H2,1-2H3. The highest BCUT2D eigenvalue weighted by molar-refractivity contribution is 6.31. The molecule has 0 aliphatic rings. The summed E-state index contributed by atoms with van der Waals surface area (Å²) in [5.74, 6) is 0. The van der Waals surface area contributed by atoms with Crippen LogP contribution in [0.2, 0.25) is 5.02 Å². The molecule has 5 heteroatoms. The van der Waals surface area contributed by atoms with Crippen LogP contribution in [0.1, 0.15) is 18.0 Å². The normalized spacial score (nSPS) is 13.3. The van der Waals surface area contributed by atoms with E-state index in [0.29, 0.717) is 11.6 Å². The zero-order valence-corrected chi connectivity index (χ0v) is 11.4. The summed E-state index contributed by atoms with van der Waals surface area (Å²) >= 11 is 6.12. The van der Waals surface area contributed by atoms with Crippen LogP contribution in [0, 0.1) is 0 Å². The summed E-state index contributed by atoms with van der Waals surface area (Å²) in [4.78, 5) is 1.63. The smallest absolute Gasteiger partial charge is 0.251 e. The lowest BCUT2D eigenvalue weighted by Crippen LogP contribution is -2.29. The van der Waals surface area contributed by atoms with Gasteiger partial charge in [0.15, 0.2) is 0 Å². The third-order valence-electron chi connectivity index (χ3n) is 2.88. The van der Waals surface area contributed by atoms with E-state index < -0.39 is 6.43 Å². The van der Waals surface area contributed by atoms with Gasteiger partial charge in [-0.2, -0.15) is 0 Å². The molecule has 1 N–H and O–H groups in total. The molecule has 0 aliphatic heterocycles. The molecule has 1 rings (SSSR count). The van der Waals surface area contributed by atoms with Crippen LogP contribution in [-0.4, -0.2) is 38.5 Å². The maximum atomic E-state index is 12.2. The predicted octanol–water partition coefficient (Wildman–Crippen LogP) is 3.19. The van der Waals surface area contributed by atoms with Gasteiger partial charge < -0.3 is 10.2 Å². The molecule has 0 saturated heterocycles. The zero-order valence-electron chi connectivity index (χ0n) is 10.7. The number of nitrogens with one attached hydrogen (secondary N) is 1. The van der Waals surface area contributed by atoms with Crippen molar-refractivity contribution in [1.82, 2.24) is 10.2 Å². The minimum absolute atomic E-state index is 0.0822. The van der Waals surface area contributed by atoms with Crippen molar-refractivity contribution in [2.24, 2.45) is 0 Å². The van der Waals surface area contributed by atoms with Gasteiger partial charge >= 0.3 is 0 Å². The summed E-state index contributed by atoms with van der Waals surface area (Å²) in [6, 6.07) is 7.68. The minimum atomic E-state index is -2.29. The number of halogens is 3. The molecule has 0 radical (unpaired) electrons. The van der Waals surface area contributed by atoms with E-state index in [-0.39, 0.29) is 12.6 Å². The SMILES string of the molecule is CNC(CCN(C)CC(F)F)c1ccccc1Cl. The van der Waals surface area contributed by atoms with E-state index in [2.05, 4.69) is 5.32 Å². The maximum Gasteiger partial charge on any atom is 0.251 e. The molecule has 0 aliphatic carbocycles. The second-order valence-corrected chi connectivity index (χ2v) is 4.71. The van der Waals surface area contributed by atoms with Gasteiger partial charge in [-0.05, 0) is 38.7 Å². The van der Waals surface area contributed by atoms with Crippen molar-refractivity contribution < 1.29 is 8.78 Å². The van der Waals surface area contributed by atoms with Crippen LogP contribution in [0.5, 0.6) is 0 Å². The first-order chi connectivity index (χ1) is 8.54. The topological polar surface area (TPSA) is 15.3 Å². The second-order valence-electron chi connectivity index (χ2n) is 4.30. The van der Waals surface area contributed by atoms with Gasteiger partial charge in [0.25, 0.3) is 6.43 Å². The fourth-order valence-corrected chi connectivity index (χ4v) is 2.16. The Bertz CT molecular complexity index is 361. The highest BCUT2D eigenvalue weighted by Crippen LogP contribution is 2.24. The molecule has 1 atom stereocenters. The van der Waals surface area contributed by atoms with E-state index in [1.165, 1.54) is 0 Å². The van der Waals surface area contributed by atoms with Crippen LogP contribution in [0.15, 0.2) is 24.3 Å². The van der Waals surface area contributed by atoms with Gasteiger partial charge in [-0.15, -0.1) is 0 Å². The van der Waals surface area contributed by atoms with Gasteiger partial charge in [0, 0.05) is 11.1 Å². The van der Waals surface area contributed by atoms with Crippen molar-refractivity contribution >= 4 is 11.6 Å². The third-order valence-corrected chi connectivity index (χ3v) is 3.22. The highest BCUT2D eigenvalue weighted by atomic mass is 35.5. The first kappa shape index (κ1) is 15.3. The van der Waals surface area contributed by atoms with Crippen molar-refractivity contribution in [2.75, 3.05) is 27.2 Å². The largest absolute Gasteiger partial charge is 0.313 e. The Morgan fingerprint density at radius 2 is 2.00 bits per heavy atom. The van der Waals surface area contributed by atoms with Crippen molar-refractivity contribution in [3.63, 3.8) is 0 Å². The third kappa shape index (κ3) is 4.88. The molecule has 0 fully saturated rings. The zero-order chi connectivity index (χ0) is 13.5. The van der Waals surface area contributed by atoms with Crippen LogP contribution in [0.25, 0.3) is 0 Å². The molecular weight excluding hydrogens is 258 g/mol. The lowest BCUT2D eigenvalue weighted by atomic mass is 10.0. The van der Waals surface area contributed by atoms with E-state index in [1.807, 2.05) is 31.3 Å². The quantitative estimate of drug-likeness (QED) is 0.823. The van der Waals surface area contributed by atoms with Crippen molar-refractivity contribution in [3.05, 3.63) is 34.9 Å². The molecule has 1 aromatic carbocycles. The van der Waals surface area contributed by atoms with Gasteiger partial charge in [-0.1, -0.05) is 29.8 Å². The van der Waals surface area contributed by atoms with Crippen LogP contribution in [0.3, 0.4) is 0 Å². The van der Waals surface area contributed by atoms with E-state index in [1.54, 1.807) is 11.9 Å². The number of hydrogen-bond donors (Lipinski definition) is 1. The van der Waals surface area contributed by atoms with E-state index >= 15 is 0 Å². The molecule has 0 bridgehead atoms. The summed E-state index contributed by atoms with van der Waals surface area (Å²) in [5.41, 5.74) is 1.01. The molecule has 0 spiro atoms. The van der Waals surface area contributed by atoms with Gasteiger partial charge in [0.1, 0.15) is 0 Å². The summed E-state index contributed by atoms with van der Waals surface area (Å²) in [6.45, 7) is 0.403. The molecule has 0 amide bonds. The first-order valence-electron chi connectivity index (χ1n) is 5.93. The lowest BCUT2D eigenvalue weighted by Gasteiger charge is -2.22. The number of nitrogens with zero attached hydrogens (tertiary/aromatic N) is 1. The molecular formula is C13H19ClF2N2. The van der Waals surface area contributed by atoms with Gasteiger partial charge in [-0.25, -0.2) is 8.78 Å². The number of rotatable bonds is 7. The van der Waals surface area contributed by atoms with Crippen molar-refractivity contribution in [1.29, 1.82) is 0 Å². The predicted molar refractivity (Wildman–Crippen MR) is 71.4 cm³/mol. The Kier molecular flexibility index (Phi) is 6.54. The molecule has 0 aromatic heterocycles. The number of hydrogen-bond acceptors (Lipinski definition) is 2. The number of benzene rings is 1. The van der Waals surface area contributed by atoms with Gasteiger partial charge in [0.05, 0.1) is 6.54 Å². The van der Waals surface area contributed by atoms with Crippen LogP contribution >= 0.6 is 11.6 Å². The summed E-state index contributed by atoms with van der Waals surface area (Å²) in [6.07, 6.45) is -1.55. The van der Waals surface area contributed by atoms with E-state index in [9.17, 15) is 8.78 Å². The molecule has 2 nitrogen and oxygen atoms in total. The van der Waals surface area contributed by atoms with E-state index in [0.717, 1.165) is 12.0 Å². The molecule has 1 unspecified atom stereocenters. The molecule has 102 valence electrons. The van der Waals surface area contributed by atoms with Crippen LogP contribution in [-0.2, 0) is 0 Å². The highest BCUT2D eigenvalue weighted by Gasteiger charge is 2.14. The summed E-state index contributed by atoms with van der Waals surface area (Å²) < 4.78 is 24.4. The first-order valence-corrected chi connectivity index (χ1v) is 6.30. The molecule has 18 heavy (non-hydrogen) atoms. The molecule has 0 heterocycles. The monoisotopic (exact) mass is 276 g/mol.